The highest BCUT2D eigenvalue weighted by Gasteiger charge is 2.20. The Morgan fingerprint density at radius 3 is 2.68 bits per heavy atom. The lowest BCUT2D eigenvalue weighted by molar-refractivity contribution is 0.0280. The van der Waals surface area contributed by atoms with Crippen molar-refractivity contribution < 1.29 is 13.9 Å². The van der Waals surface area contributed by atoms with E-state index < -0.39 is 12.1 Å². The Morgan fingerprint density at radius 1 is 1.20 bits per heavy atom. The van der Waals surface area contributed by atoms with Gasteiger partial charge in [-0.3, -0.25) is 0 Å². The maximum Gasteiger partial charge on any atom is 0.338 e. The summed E-state index contributed by atoms with van der Waals surface area (Å²) in [5, 5.41) is 16.8. The van der Waals surface area contributed by atoms with Crippen LogP contribution in [0, 0.1) is 18.3 Å². The Balaban J connectivity index is 1.73. The maximum atomic E-state index is 12.2. The predicted molar refractivity (Wildman–Crippen MR) is 89.5 cm³/mol. The summed E-state index contributed by atoms with van der Waals surface area (Å²) in [7, 11) is 0. The Kier molecular flexibility index (Phi) is 4.57. The van der Waals surface area contributed by atoms with Crippen molar-refractivity contribution in [2.24, 2.45) is 0 Å². The number of hydrogen-bond acceptors (Lipinski definition) is 6. The quantitative estimate of drug-likeness (QED) is 0.674. The van der Waals surface area contributed by atoms with Gasteiger partial charge in [0.15, 0.2) is 6.10 Å². The molecule has 124 valence electrons. The summed E-state index contributed by atoms with van der Waals surface area (Å²) in [4.78, 5) is 12.2. The van der Waals surface area contributed by atoms with Crippen molar-refractivity contribution >= 4 is 5.97 Å². The van der Waals surface area contributed by atoms with Gasteiger partial charge in [0.25, 0.3) is 5.89 Å². The monoisotopic (exact) mass is 333 g/mol. The fourth-order valence-corrected chi connectivity index (χ4v) is 2.21. The third kappa shape index (κ3) is 3.72. The van der Waals surface area contributed by atoms with Crippen LogP contribution in [0.25, 0.3) is 11.5 Å². The third-order valence-electron chi connectivity index (χ3n) is 3.60. The lowest BCUT2D eigenvalue weighted by atomic mass is 10.1. The fourth-order valence-electron chi connectivity index (χ4n) is 2.21. The normalized spacial score (nSPS) is 11.6. The van der Waals surface area contributed by atoms with Crippen LogP contribution in [0.5, 0.6) is 0 Å². The number of hydrogen-bond donors (Lipinski definition) is 0. The van der Waals surface area contributed by atoms with E-state index in [2.05, 4.69) is 10.2 Å². The van der Waals surface area contributed by atoms with Gasteiger partial charge in [-0.05, 0) is 44.2 Å². The number of carbonyl (C=O) groups excluding carboxylic acids is 1. The molecule has 3 rings (SSSR count). The number of esters is 1. The van der Waals surface area contributed by atoms with Crippen LogP contribution in [0.3, 0.4) is 0 Å². The minimum atomic E-state index is -0.704. The summed E-state index contributed by atoms with van der Waals surface area (Å²) >= 11 is 0. The van der Waals surface area contributed by atoms with E-state index in [-0.39, 0.29) is 5.89 Å². The zero-order chi connectivity index (χ0) is 17.8. The number of aryl methyl sites for hydroxylation is 1. The van der Waals surface area contributed by atoms with Crippen LogP contribution in [-0.2, 0) is 4.74 Å². The molecule has 0 amide bonds. The number of aromatic nitrogens is 2. The van der Waals surface area contributed by atoms with Gasteiger partial charge in [-0.15, -0.1) is 10.2 Å². The zero-order valence-corrected chi connectivity index (χ0v) is 13.8. The van der Waals surface area contributed by atoms with E-state index >= 15 is 0 Å². The molecule has 6 heteroatoms. The summed E-state index contributed by atoms with van der Waals surface area (Å²) in [5.41, 5.74) is 2.61. The van der Waals surface area contributed by atoms with Crippen LogP contribution >= 0.6 is 0 Å². The molecule has 0 saturated carbocycles. The molecule has 0 aliphatic rings. The largest absolute Gasteiger partial charge is 0.449 e. The zero-order valence-electron chi connectivity index (χ0n) is 13.8. The number of benzene rings is 2. The van der Waals surface area contributed by atoms with E-state index in [9.17, 15) is 4.79 Å². The first kappa shape index (κ1) is 16.4. The Bertz CT molecular complexity index is 939. The lowest BCUT2D eigenvalue weighted by Crippen LogP contribution is -2.09. The van der Waals surface area contributed by atoms with Gasteiger partial charge < -0.3 is 9.15 Å². The minimum absolute atomic E-state index is 0.209. The number of nitriles is 1. The first-order valence-electron chi connectivity index (χ1n) is 7.68. The van der Waals surface area contributed by atoms with Gasteiger partial charge in [0.2, 0.25) is 5.89 Å². The summed E-state index contributed by atoms with van der Waals surface area (Å²) in [6.07, 6.45) is -0.704. The summed E-state index contributed by atoms with van der Waals surface area (Å²) in [6, 6.07) is 16.0. The van der Waals surface area contributed by atoms with Crippen LogP contribution in [0.4, 0.5) is 0 Å². The maximum absolute atomic E-state index is 12.2. The van der Waals surface area contributed by atoms with E-state index in [4.69, 9.17) is 14.4 Å². The van der Waals surface area contributed by atoms with Crippen molar-refractivity contribution in [3.05, 3.63) is 71.1 Å². The molecule has 1 aromatic heterocycles. The second-order valence-electron chi connectivity index (χ2n) is 5.55. The Labute approximate surface area is 144 Å². The number of ether oxygens (including phenoxy) is 1. The second-order valence-corrected chi connectivity index (χ2v) is 5.55. The number of nitrogens with zero attached hydrogens (tertiary/aromatic N) is 3. The Morgan fingerprint density at radius 2 is 1.96 bits per heavy atom. The molecule has 3 aromatic rings. The van der Waals surface area contributed by atoms with Crippen molar-refractivity contribution in [3.63, 3.8) is 0 Å². The van der Waals surface area contributed by atoms with Crippen LogP contribution in [0.1, 0.15) is 40.4 Å². The van der Waals surface area contributed by atoms with Gasteiger partial charge in [0.05, 0.1) is 17.2 Å². The second kappa shape index (κ2) is 6.97. The van der Waals surface area contributed by atoms with Crippen molar-refractivity contribution in [1.82, 2.24) is 10.2 Å². The number of carbonyl (C=O) groups is 1. The van der Waals surface area contributed by atoms with E-state index in [1.54, 1.807) is 25.1 Å². The lowest BCUT2D eigenvalue weighted by Gasteiger charge is -2.09. The van der Waals surface area contributed by atoms with E-state index in [0.29, 0.717) is 17.0 Å². The molecule has 0 N–H and O–H groups in total. The molecule has 1 atom stereocenters. The van der Waals surface area contributed by atoms with E-state index in [0.717, 1.165) is 11.1 Å². The average molecular weight is 333 g/mol. The third-order valence-corrected chi connectivity index (χ3v) is 3.60. The van der Waals surface area contributed by atoms with Gasteiger partial charge >= 0.3 is 5.97 Å². The standard InChI is InChI=1S/C19H15N3O3/c1-12-6-8-15(9-7-12)18-22-21-17(25-18)13(2)24-19(23)16-5-3-4-14(10-16)11-20/h3-10,13H,1-2H3/t13-/m0/s1. The highest BCUT2D eigenvalue weighted by molar-refractivity contribution is 5.89. The molecule has 0 spiro atoms. The Hall–Kier alpha value is -3.46. The fraction of sp³-hybridized carbons (Fsp3) is 0.158. The molecule has 0 fully saturated rings. The van der Waals surface area contributed by atoms with Crippen molar-refractivity contribution in [2.45, 2.75) is 20.0 Å². The highest BCUT2D eigenvalue weighted by atomic mass is 16.6. The first-order chi connectivity index (χ1) is 12.1. The molecule has 0 unspecified atom stereocenters. The molecular weight excluding hydrogens is 318 g/mol. The molecule has 0 saturated heterocycles. The molecule has 0 aliphatic heterocycles. The minimum Gasteiger partial charge on any atom is -0.449 e. The van der Waals surface area contributed by atoms with E-state index in [1.807, 2.05) is 37.3 Å². The summed E-state index contributed by atoms with van der Waals surface area (Å²) in [6.45, 7) is 3.64. The van der Waals surface area contributed by atoms with Crippen molar-refractivity contribution in [2.75, 3.05) is 0 Å². The van der Waals surface area contributed by atoms with Gasteiger partial charge in [0.1, 0.15) is 0 Å². The summed E-state index contributed by atoms with van der Waals surface area (Å²) in [5.74, 6) is 0.0180. The number of rotatable bonds is 4. The smallest absolute Gasteiger partial charge is 0.338 e. The van der Waals surface area contributed by atoms with Crippen LogP contribution in [-0.4, -0.2) is 16.2 Å². The van der Waals surface area contributed by atoms with Crippen LogP contribution in [0.15, 0.2) is 52.9 Å². The van der Waals surface area contributed by atoms with E-state index in [1.165, 1.54) is 6.07 Å². The van der Waals surface area contributed by atoms with Crippen molar-refractivity contribution in [1.29, 1.82) is 5.26 Å². The SMILES string of the molecule is Cc1ccc(-c2nnc([C@H](C)OC(=O)c3cccc(C#N)c3)o2)cc1. The van der Waals surface area contributed by atoms with Crippen LogP contribution < -0.4 is 0 Å². The van der Waals surface area contributed by atoms with Crippen molar-refractivity contribution in [3.8, 4) is 17.5 Å². The molecule has 0 aliphatic carbocycles. The predicted octanol–water partition coefficient (Wildman–Crippen LogP) is 3.83. The first-order valence-corrected chi connectivity index (χ1v) is 7.68. The van der Waals surface area contributed by atoms with Gasteiger partial charge in [-0.1, -0.05) is 23.8 Å². The van der Waals surface area contributed by atoms with Crippen LogP contribution in [0.2, 0.25) is 0 Å². The van der Waals surface area contributed by atoms with Gasteiger partial charge in [-0.2, -0.15) is 5.26 Å². The molecule has 25 heavy (non-hydrogen) atoms. The summed E-state index contributed by atoms with van der Waals surface area (Å²) < 4.78 is 10.9. The molecular formula is C19H15N3O3. The average Bonchev–Trinajstić information content (AvgIpc) is 3.12. The highest BCUT2D eigenvalue weighted by Crippen LogP contribution is 2.23. The van der Waals surface area contributed by atoms with Gasteiger partial charge in [-0.25, -0.2) is 4.79 Å². The molecule has 6 nitrogen and oxygen atoms in total. The van der Waals surface area contributed by atoms with Gasteiger partial charge in [0, 0.05) is 5.56 Å². The molecule has 1 heterocycles. The molecule has 2 aromatic carbocycles. The topological polar surface area (TPSA) is 89.0 Å². The molecule has 0 bridgehead atoms. The molecule has 0 radical (unpaired) electrons.